The van der Waals surface area contributed by atoms with Crippen LogP contribution in [0.15, 0.2) is 43.0 Å². The fourth-order valence-electron chi connectivity index (χ4n) is 2.57. The molecule has 0 fully saturated rings. The second-order valence-corrected chi connectivity index (χ2v) is 5.18. The van der Waals surface area contributed by atoms with Crippen LogP contribution in [0.25, 0.3) is 22.2 Å². The van der Waals surface area contributed by atoms with E-state index >= 15 is 0 Å². The summed E-state index contributed by atoms with van der Waals surface area (Å²) in [6, 6.07) is 5.71. The lowest BCUT2D eigenvalue weighted by Gasteiger charge is -2.08. The zero-order valence-electron chi connectivity index (χ0n) is 13.2. The topological polar surface area (TPSA) is 93.5 Å². The van der Waals surface area contributed by atoms with Crippen LogP contribution >= 0.6 is 0 Å². The van der Waals surface area contributed by atoms with Crippen LogP contribution in [0.5, 0.6) is 5.88 Å². The first-order chi connectivity index (χ1) is 11.8. The van der Waals surface area contributed by atoms with Gasteiger partial charge in [-0.3, -0.25) is 9.67 Å². The molecule has 0 aliphatic carbocycles. The standard InChI is InChI=1S/C16H15N7O/c1-23-12(5-8-19-23)20-16-21-14-13(15(22-16)24-2)11(9-18-14)10-3-6-17-7-4-10/h3-9H,1-2H3,(H2,18,20,21,22). The molecule has 4 aromatic heterocycles. The lowest BCUT2D eigenvalue weighted by molar-refractivity contribution is 0.403. The summed E-state index contributed by atoms with van der Waals surface area (Å²) in [5.74, 6) is 1.72. The van der Waals surface area contributed by atoms with Crippen molar-refractivity contribution >= 4 is 22.8 Å². The van der Waals surface area contributed by atoms with Crippen LogP contribution in [0, 0.1) is 0 Å². The molecule has 0 saturated heterocycles. The lowest BCUT2D eigenvalue weighted by Crippen LogP contribution is -2.04. The maximum Gasteiger partial charge on any atom is 0.233 e. The summed E-state index contributed by atoms with van der Waals surface area (Å²) in [5.41, 5.74) is 2.68. The number of fused-ring (bicyclic) bond motifs is 1. The molecule has 4 aromatic rings. The van der Waals surface area contributed by atoms with Gasteiger partial charge in [-0.2, -0.15) is 15.1 Å². The van der Waals surface area contributed by atoms with Gasteiger partial charge in [-0.15, -0.1) is 0 Å². The van der Waals surface area contributed by atoms with Gasteiger partial charge in [-0.1, -0.05) is 0 Å². The molecule has 120 valence electrons. The van der Waals surface area contributed by atoms with Crippen LogP contribution in [-0.4, -0.2) is 36.8 Å². The van der Waals surface area contributed by atoms with Crippen molar-refractivity contribution in [3.05, 3.63) is 43.0 Å². The van der Waals surface area contributed by atoms with Crippen molar-refractivity contribution in [3.63, 3.8) is 0 Å². The number of hydrogen-bond donors (Lipinski definition) is 2. The predicted octanol–water partition coefficient (Wildman–Crippen LogP) is 2.51. The second-order valence-electron chi connectivity index (χ2n) is 5.18. The highest BCUT2D eigenvalue weighted by Gasteiger charge is 2.16. The molecule has 0 aliphatic heterocycles. The normalized spacial score (nSPS) is 10.9. The molecular formula is C16H15N7O. The Balaban J connectivity index is 1.83. The summed E-state index contributed by atoms with van der Waals surface area (Å²) in [6.07, 6.45) is 7.10. The third-order valence-corrected chi connectivity index (χ3v) is 3.74. The Kier molecular flexibility index (Phi) is 3.34. The predicted molar refractivity (Wildman–Crippen MR) is 90.2 cm³/mol. The van der Waals surface area contributed by atoms with E-state index in [0.29, 0.717) is 17.5 Å². The number of ether oxygens (including phenoxy) is 1. The third-order valence-electron chi connectivity index (χ3n) is 3.74. The number of nitrogens with one attached hydrogen (secondary N) is 2. The molecule has 0 amide bonds. The quantitative estimate of drug-likeness (QED) is 0.600. The summed E-state index contributed by atoms with van der Waals surface area (Å²) in [4.78, 5) is 16.2. The average molecular weight is 321 g/mol. The maximum atomic E-state index is 5.49. The molecule has 8 nitrogen and oxygen atoms in total. The Morgan fingerprint density at radius 3 is 2.67 bits per heavy atom. The highest BCUT2D eigenvalue weighted by Crippen LogP contribution is 2.34. The highest BCUT2D eigenvalue weighted by atomic mass is 16.5. The van der Waals surface area contributed by atoms with Crippen molar-refractivity contribution in [2.24, 2.45) is 7.05 Å². The Morgan fingerprint density at radius 2 is 1.96 bits per heavy atom. The molecular weight excluding hydrogens is 306 g/mol. The van der Waals surface area contributed by atoms with E-state index in [1.165, 1.54) is 0 Å². The number of aromatic amines is 1. The van der Waals surface area contributed by atoms with Gasteiger partial charge in [0, 0.05) is 37.3 Å². The van der Waals surface area contributed by atoms with E-state index in [-0.39, 0.29) is 0 Å². The molecule has 4 rings (SSSR count). The summed E-state index contributed by atoms with van der Waals surface area (Å²) in [7, 11) is 3.44. The smallest absolute Gasteiger partial charge is 0.233 e. The van der Waals surface area contributed by atoms with Gasteiger partial charge in [-0.05, 0) is 17.7 Å². The summed E-state index contributed by atoms with van der Waals surface area (Å²) in [5, 5.41) is 8.08. The molecule has 4 heterocycles. The van der Waals surface area contributed by atoms with Crippen molar-refractivity contribution in [2.45, 2.75) is 0 Å². The van der Waals surface area contributed by atoms with Gasteiger partial charge < -0.3 is 15.0 Å². The minimum absolute atomic E-state index is 0.436. The monoisotopic (exact) mass is 321 g/mol. The van der Waals surface area contributed by atoms with Crippen molar-refractivity contribution in [1.82, 2.24) is 29.7 Å². The summed E-state index contributed by atoms with van der Waals surface area (Å²) < 4.78 is 7.19. The van der Waals surface area contributed by atoms with E-state index in [0.717, 1.165) is 22.3 Å². The van der Waals surface area contributed by atoms with Crippen molar-refractivity contribution < 1.29 is 4.74 Å². The van der Waals surface area contributed by atoms with Gasteiger partial charge in [0.25, 0.3) is 0 Å². The Labute approximate surface area is 137 Å². The average Bonchev–Trinajstić information content (AvgIpc) is 3.21. The second kappa shape index (κ2) is 5.65. The molecule has 2 N–H and O–H groups in total. The van der Waals surface area contributed by atoms with Crippen molar-refractivity contribution in [2.75, 3.05) is 12.4 Å². The molecule has 0 radical (unpaired) electrons. The van der Waals surface area contributed by atoms with Gasteiger partial charge in [0.15, 0.2) is 0 Å². The first-order valence-electron chi connectivity index (χ1n) is 7.35. The van der Waals surface area contributed by atoms with Gasteiger partial charge >= 0.3 is 0 Å². The van der Waals surface area contributed by atoms with Gasteiger partial charge in [0.05, 0.1) is 18.7 Å². The highest BCUT2D eigenvalue weighted by molar-refractivity contribution is 5.97. The maximum absolute atomic E-state index is 5.49. The minimum Gasteiger partial charge on any atom is -0.480 e. The molecule has 0 aliphatic rings. The van der Waals surface area contributed by atoms with Gasteiger partial charge in [0.1, 0.15) is 11.5 Å². The SMILES string of the molecule is COc1nc(Nc2ccnn2C)nc2[nH]cc(-c3ccncc3)c12. The molecule has 0 saturated carbocycles. The number of pyridine rings is 1. The van der Waals surface area contributed by atoms with E-state index in [1.54, 1.807) is 30.4 Å². The molecule has 0 aromatic carbocycles. The van der Waals surface area contributed by atoms with Gasteiger partial charge in [0.2, 0.25) is 11.8 Å². The molecule has 0 unspecified atom stereocenters. The minimum atomic E-state index is 0.436. The number of anilines is 2. The summed E-state index contributed by atoms with van der Waals surface area (Å²) >= 11 is 0. The van der Waals surface area contributed by atoms with Crippen LogP contribution in [-0.2, 0) is 7.05 Å². The van der Waals surface area contributed by atoms with Gasteiger partial charge in [-0.25, -0.2) is 0 Å². The van der Waals surface area contributed by atoms with E-state index in [2.05, 4.69) is 30.4 Å². The van der Waals surface area contributed by atoms with Crippen LogP contribution in [0.3, 0.4) is 0 Å². The molecule has 0 bridgehead atoms. The first kappa shape index (κ1) is 14.2. The molecule has 24 heavy (non-hydrogen) atoms. The number of aryl methyl sites for hydroxylation is 1. The Morgan fingerprint density at radius 1 is 1.12 bits per heavy atom. The Hall–Kier alpha value is -3.42. The molecule has 0 spiro atoms. The number of rotatable bonds is 4. The fraction of sp³-hybridized carbons (Fsp3) is 0.125. The van der Waals surface area contributed by atoms with E-state index in [4.69, 9.17) is 4.74 Å². The molecule has 0 atom stereocenters. The van der Waals surface area contributed by atoms with Crippen LogP contribution < -0.4 is 10.1 Å². The lowest BCUT2D eigenvalue weighted by atomic mass is 10.1. The first-order valence-corrected chi connectivity index (χ1v) is 7.35. The van der Waals surface area contributed by atoms with Crippen LogP contribution in [0.4, 0.5) is 11.8 Å². The van der Waals surface area contributed by atoms with E-state index in [9.17, 15) is 0 Å². The third kappa shape index (κ3) is 2.34. The molecule has 8 heteroatoms. The largest absolute Gasteiger partial charge is 0.480 e. The summed E-state index contributed by atoms with van der Waals surface area (Å²) in [6.45, 7) is 0. The van der Waals surface area contributed by atoms with E-state index < -0.39 is 0 Å². The van der Waals surface area contributed by atoms with E-state index in [1.807, 2.05) is 31.4 Å². The Bertz CT molecular complexity index is 990. The van der Waals surface area contributed by atoms with Crippen molar-refractivity contribution in [1.29, 1.82) is 0 Å². The van der Waals surface area contributed by atoms with Crippen LogP contribution in [0.1, 0.15) is 0 Å². The zero-order chi connectivity index (χ0) is 16.5. The number of H-pyrrole nitrogens is 1. The number of methoxy groups -OCH3 is 1. The van der Waals surface area contributed by atoms with Crippen LogP contribution in [0.2, 0.25) is 0 Å². The number of hydrogen-bond acceptors (Lipinski definition) is 6. The fourth-order valence-corrected chi connectivity index (χ4v) is 2.57. The number of aromatic nitrogens is 6. The zero-order valence-corrected chi connectivity index (χ0v) is 13.2. The van der Waals surface area contributed by atoms with Crippen molar-refractivity contribution in [3.8, 4) is 17.0 Å². The number of nitrogens with zero attached hydrogens (tertiary/aromatic N) is 5.